The maximum Gasteiger partial charge on any atom is 0.254 e. The summed E-state index contributed by atoms with van der Waals surface area (Å²) in [5.74, 6) is -0.563. The Hall–Kier alpha value is -0.470. The molecule has 1 amide bonds. The minimum absolute atomic E-state index is 0.149. The molecule has 2 aromatic carbocycles. The summed E-state index contributed by atoms with van der Waals surface area (Å²) in [5, 5.41) is 8.96. The van der Waals surface area contributed by atoms with E-state index in [0.29, 0.717) is 10.7 Å². The summed E-state index contributed by atoms with van der Waals surface area (Å²) in [4.78, 5) is 12.5. The van der Waals surface area contributed by atoms with Crippen molar-refractivity contribution in [2.24, 2.45) is 0 Å². The lowest BCUT2D eigenvalue weighted by atomic mass is 10.2. The third-order valence-corrected chi connectivity index (χ3v) is 5.11. The number of rotatable bonds is 4. The molecule has 0 saturated heterocycles. The van der Waals surface area contributed by atoms with Gasteiger partial charge in [0.05, 0.1) is 10.6 Å². The average molecular weight is 551 g/mol. The number of nitrogens with one attached hydrogen (secondary N) is 3. The standard InChI is InChI=1S/C16H11BrCl5N3OS/c17-8-1-4-10(5-2-8)23-15(27)25-14(16(20,21)22)24-13(26)11-6-3-9(18)7-12(11)19/h1-7,14H,(H,24,26)(H2,23,25,27). The van der Waals surface area contributed by atoms with Gasteiger partial charge in [-0.1, -0.05) is 73.9 Å². The SMILES string of the molecule is O=C(NC(NC(=S)Nc1ccc(Br)cc1)C(Cl)(Cl)Cl)c1ccc(Cl)cc1Cl. The molecule has 0 radical (unpaired) electrons. The lowest BCUT2D eigenvalue weighted by Crippen LogP contribution is -2.56. The third kappa shape index (κ3) is 7.13. The lowest BCUT2D eigenvalue weighted by Gasteiger charge is -2.28. The fraction of sp³-hybridized carbons (Fsp3) is 0.125. The van der Waals surface area contributed by atoms with Crippen LogP contribution in [0, 0.1) is 0 Å². The zero-order valence-electron chi connectivity index (χ0n) is 13.2. The Morgan fingerprint density at radius 1 is 1.04 bits per heavy atom. The summed E-state index contributed by atoms with van der Waals surface area (Å²) < 4.78 is -0.974. The van der Waals surface area contributed by atoms with Gasteiger partial charge in [-0.05, 0) is 54.7 Å². The average Bonchev–Trinajstić information content (AvgIpc) is 2.55. The molecule has 0 saturated carbocycles. The molecule has 0 spiro atoms. The summed E-state index contributed by atoms with van der Waals surface area (Å²) in [5.41, 5.74) is 0.889. The van der Waals surface area contributed by atoms with Gasteiger partial charge >= 0.3 is 0 Å². The van der Waals surface area contributed by atoms with Crippen LogP contribution in [0.5, 0.6) is 0 Å². The van der Waals surface area contributed by atoms with E-state index in [9.17, 15) is 4.79 Å². The fourth-order valence-electron chi connectivity index (χ4n) is 1.91. The number of alkyl halides is 3. The minimum atomic E-state index is -1.89. The number of halogens is 6. The summed E-state index contributed by atoms with van der Waals surface area (Å²) in [6.45, 7) is 0. The molecule has 0 bridgehead atoms. The van der Waals surface area contributed by atoms with E-state index in [1.54, 1.807) is 12.1 Å². The molecule has 4 nitrogen and oxygen atoms in total. The van der Waals surface area contributed by atoms with E-state index in [1.165, 1.54) is 18.2 Å². The second-order valence-corrected chi connectivity index (χ2v) is 9.71. The molecule has 2 rings (SSSR count). The first kappa shape index (κ1) is 22.8. The number of thiocarbonyl (C=S) groups is 1. The first-order valence-electron chi connectivity index (χ1n) is 7.22. The van der Waals surface area contributed by atoms with E-state index >= 15 is 0 Å². The molecule has 0 aliphatic carbocycles. The Bertz CT molecular complexity index is 845. The predicted molar refractivity (Wildman–Crippen MR) is 122 cm³/mol. The Kier molecular flexibility index (Phi) is 8.31. The molecule has 1 unspecified atom stereocenters. The van der Waals surface area contributed by atoms with Crippen LogP contribution in [-0.2, 0) is 0 Å². The van der Waals surface area contributed by atoms with Gasteiger partial charge in [-0.15, -0.1) is 0 Å². The maximum atomic E-state index is 12.5. The van der Waals surface area contributed by atoms with Crippen LogP contribution < -0.4 is 16.0 Å². The highest BCUT2D eigenvalue weighted by Crippen LogP contribution is 2.30. The van der Waals surface area contributed by atoms with Crippen molar-refractivity contribution in [2.75, 3.05) is 5.32 Å². The van der Waals surface area contributed by atoms with Crippen LogP contribution in [0.25, 0.3) is 0 Å². The zero-order valence-corrected chi connectivity index (χ0v) is 19.4. The van der Waals surface area contributed by atoms with E-state index in [0.717, 1.165) is 4.47 Å². The monoisotopic (exact) mass is 547 g/mol. The first-order chi connectivity index (χ1) is 12.6. The number of carbonyl (C=O) groups is 1. The molecular weight excluding hydrogens is 539 g/mol. The molecule has 2 aromatic rings. The Morgan fingerprint density at radius 3 is 2.22 bits per heavy atom. The van der Waals surface area contributed by atoms with Crippen LogP contribution in [0.4, 0.5) is 5.69 Å². The van der Waals surface area contributed by atoms with Crippen molar-refractivity contribution >= 4 is 103 Å². The van der Waals surface area contributed by atoms with Crippen molar-refractivity contribution in [2.45, 2.75) is 9.96 Å². The topological polar surface area (TPSA) is 53.2 Å². The summed E-state index contributed by atoms with van der Waals surface area (Å²) >= 11 is 38.3. The van der Waals surface area contributed by atoms with Gasteiger partial charge in [0.25, 0.3) is 5.91 Å². The number of hydrogen-bond donors (Lipinski definition) is 3. The zero-order chi connectivity index (χ0) is 20.2. The van der Waals surface area contributed by atoms with E-state index in [4.69, 9.17) is 70.2 Å². The minimum Gasteiger partial charge on any atom is -0.339 e. The smallest absolute Gasteiger partial charge is 0.254 e. The number of hydrogen-bond acceptors (Lipinski definition) is 2. The molecule has 144 valence electrons. The highest BCUT2D eigenvalue weighted by Gasteiger charge is 2.35. The predicted octanol–water partition coefficient (Wildman–Crippen LogP) is 6.17. The first-order valence-corrected chi connectivity index (χ1v) is 10.3. The van der Waals surface area contributed by atoms with Crippen LogP contribution in [0.15, 0.2) is 46.9 Å². The lowest BCUT2D eigenvalue weighted by molar-refractivity contribution is 0.0934. The molecule has 11 heteroatoms. The van der Waals surface area contributed by atoms with Crippen LogP contribution in [-0.4, -0.2) is 21.0 Å². The van der Waals surface area contributed by atoms with Crippen LogP contribution in [0.2, 0.25) is 10.0 Å². The van der Waals surface area contributed by atoms with Gasteiger partial charge < -0.3 is 16.0 Å². The number of anilines is 1. The number of amides is 1. The molecule has 1 atom stereocenters. The van der Waals surface area contributed by atoms with Crippen molar-refractivity contribution in [3.63, 3.8) is 0 Å². The highest BCUT2D eigenvalue weighted by atomic mass is 79.9. The van der Waals surface area contributed by atoms with Gasteiger partial charge in [0, 0.05) is 15.2 Å². The molecule has 0 aliphatic rings. The summed E-state index contributed by atoms with van der Waals surface area (Å²) in [7, 11) is 0. The Balaban J connectivity index is 2.09. The van der Waals surface area contributed by atoms with E-state index < -0.39 is 15.9 Å². The Labute approximate surface area is 195 Å². The van der Waals surface area contributed by atoms with Crippen molar-refractivity contribution in [3.8, 4) is 0 Å². The third-order valence-electron chi connectivity index (χ3n) is 3.16. The second-order valence-electron chi connectivity index (χ2n) is 5.18. The molecule has 0 aliphatic heterocycles. The van der Waals surface area contributed by atoms with Gasteiger partial charge in [0.2, 0.25) is 3.79 Å². The van der Waals surface area contributed by atoms with Crippen LogP contribution in [0.3, 0.4) is 0 Å². The number of carbonyl (C=O) groups excluding carboxylic acids is 1. The van der Waals surface area contributed by atoms with Crippen molar-refractivity contribution in [1.29, 1.82) is 0 Å². The Morgan fingerprint density at radius 2 is 1.67 bits per heavy atom. The highest BCUT2D eigenvalue weighted by molar-refractivity contribution is 9.10. The van der Waals surface area contributed by atoms with Crippen molar-refractivity contribution < 1.29 is 4.79 Å². The summed E-state index contributed by atoms with van der Waals surface area (Å²) in [6, 6.07) is 11.7. The molecule has 0 aromatic heterocycles. The quantitative estimate of drug-likeness (QED) is 0.242. The molecule has 3 N–H and O–H groups in total. The molecular formula is C16H11BrCl5N3OS. The van der Waals surface area contributed by atoms with E-state index in [2.05, 4.69) is 31.9 Å². The molecule has 27 heavy (non-hydrogen) atoms. The van der Waals surface area contributed by atoms with Gasteiger partial charge in [-0.25, -0.2) is 0 Å². The van der Waals surface area contributed by atoms with Crippen molar-refractivity contribution in [1.82, 2.24) is 10.6 Å². The normalized spacial score (nSPS) is 12.2. The fourth-order valence-corrected chi connectivity index (χ4v) is 3.24. The largest absolute Gasteiger partial charge is 0.339 e. The van der Waals surface area contributed by atoms with Gasteiger partial charge in [0.15, 0.2) is 5.11 Å². The summed E-state index contributed by atoms with van der Waals surface area (Å²) in [6.07, 6.45) is -1.13. The van der Waals surface area contributed by atoms with Crippen LogP contribution >= 0.6 is 86.2 Å². The van der Waals surface area contributed by atoms with Gasteiger partial charge in [-0.2, -0.15) is 0 Å². The van der Waals surface area contributed by atoms with Gasteiger partial charge in [0.1, 0.15) is 6.17 Å². The van der Waals surface area contributed by atoms with Crippen molar-refractivity contribution in [3.05, 3.63) is 62.5 Å². The second kappa shape index (κ2) is 9.83. The van der Waals surface area contributed by atoms with Gasteiger partial charge in [-0.3, -0.25) is 4.79 Å². The molecule has 0 fully saturated rings. The maximum absolute atomic E-state index is 12.5. The van der Waals surface area contributed by atoms with Crippen LogP contribution in [0.1, 0.15) is 10.4 Å². The van der Waals surface area contributed by atoms with E-state index in [-0.39, 0.29) is 15.7 Å². The molecule has 0 heterocycles. The number of benzene rings is 2. The van der Waals surface area contributed by atoms with E-state index in [1.807, 2.05) is 12.1 Å².